The summed E-state index contributed by atoms with van der Waals surface area (Å²) in [5, 5.41) is 9.33. The predicted molar refractivity (Wildman–Crippen MR) is 98.3 cm³/mol. The van der Waals surface area contributed by atoms with Crippen molar-refractivity contribution in [2.75, 3.05) is 6.54 Å². The second-order valence-corrected chi connectivity index (χ2v) is 5.91. The Morgan fingerprint density at radius 3 is 2.60 bits per heavy atom. The largest absolute Gasteiger partial charge is 0.479 e. The van der Waals surface area contributed by atoms with Crippen LogP contribution >= 0.6 is 11.6 Å². The lowest BCUT2D eigenvalue weighted by atomic mass is 10.1. The summed E-state index contributed by atoms with van der Waals surface area (Å²) in [5.74, 6) is 0.311. The third-order valence-corrected chi connectivity index (χ3v) is 3.92. The van der Waals surface area contributed by atoms with Crippen molar-refractivity contribution >= 4 is 17.5 Å². The Bertz CT molecular complexity index is 781. The Kier molecular flexibility index (Phi) is 6.62. The molecule has 1 atom stereocenters. The van der Waals surface area contributed by atoms with Crippen LogP contribution in [0.25, 0.3) is 0 Å². The fourth-order valence-corrected chi connectivity index (χ4v) is 2.51. The van der Waals surface area contributed by atoms with Crippen molar-refractivity contribution in [3.8, 4) is 11.8 Å². The van der Waals surface area contributed by atoms with Crippen LogP contribution in [0, 0.1) is 11.3 Å². The molecule has 128 valence electrons. The van der Waals surface area contributed by atoms with Crippen LogP contribution in [0.15, 0.2) is 61.2 Å². The second-order valence-electron chi connectivity index (χ2n) is 5.51. The van der Waals surface area contributed by atoms with Crippen LogP contribution in [0.2, 0.25) is 5.02 Å². The first-order valence-corrected chi connectivity index (χ1v) is 8.23. The van der Waals surface area contributed by atoms with E-state index in [1.54, 1.807) is 54.3 Å². The van der Waals surface area contributed by atoms with Gasteiger partial charge in [-0.3, -0.25) is 4.79 Å². The zero-order chi connectivity index (χ0) is 18.2. The molecule has 4 nitrogen and oxygen atoms in total. The second kappa shape index (κ2) is 8.91. The van der Waals surface area contributed by atoms with Gasteiger partial charge < -0.3 is 9.64 Å². The molecule has 0 aliphatic rings. The molecule has 1 amide bonds. The van der Waals surface area contributed by atoms with Crippen molar-refractivity contribution in [3.63, 3.8) is 0 Å². The lowest BCUT2D eigenvalue weighted by Gasteiger charge is -2.25. The van der Waals surface area contributed by atoms with Crippen LogP contribution in [0.4, 0.5) is 0 Å². The SMILES string of the molecule is C=CCN(Cc1ccc(C#N)cc1)C(=O)C(C)Oc1ccccc1Cl. The Labute approximate surface area is 152 Å². The van der Waals surface area contributed by atoms with Crippen LogP contribution in [0.1, 0.15) is 18.1 Å². The fraction of sp³-hybridized carbons (Fsp3) is 0.200. The summed E-state index contributed by atoms with van der Waals surface area (Å²) in [6.07, 6.45) is 0.988. The molecule has 0 bridgehead atoms. The average Bonchev–Trinajstić information content (AvgIpc) is 2.63. The van der Waals surface area contributed by atoms with Crippen molar-refractivity contribution in [1.82, 2.24) is 4.90 Å². The van der Waals surface area contributed by atoms with E-state index in [0.29, 0.717) is 29.4 Å². The summed E-state index contributed by atoms with van der Waals surface area (Å²) in [6, 6.07) is 16.3. The number of halogens is 1. The molecule has 0 heterocycles. The number of ether oxygens (including phenoxy) is 1. The molecule has 0 fully saturated rings. The molecule has 2 aromatic carbocycles. The van der Waals surface area contributed by atoms with Gasteiger partial charge in [-0.15, -0.1) is 6.58 Å². The Morgan fingerprint density at radius 2 is 2.00 bits per heavy atom. The van der Waals surface area contributed by atoms with E-state index in [9.17, 15) is 4.79 Å². The number of amides is 1. The van der Waals surface area contributed by atoms with E-state index in [0.717, 1.165) is 5.56 Å². The monoisotopic (exact) mass is 354 g/mol. The van der Waals surface area contributed by atoms with Gasteiger partial charge in [-0.25, -0.2) is 0 Å². The van der Waals surface area contributed by atoms with Crippen molar-refractivity contribution in [2.45, 2.75) is 19.6 Å². The van der Waals surface area contributed by atoms with Crippen molar-refractivity contribution in [1.29, 1.82) is 5.26 Å². The van der Waals surface area contributed by atoms with Gasteiger partial charge in [-0.05, 0) is 36.8 Å². The third kappa shape index (κ3) is 5.10. The summed E-state index contributed by atoms with van der Waals surface area (Å²) in [4.78, 5) is 14.4. The number of para-hydroxylation sites is 1. The lowest BCUT2D eigenvalue weighted by molar-refractivity contribution is -0.138. The average molecular weight is 355 g/mol. The highest BCUT2D eigenvalue weighted by molar-refractivity contribution is 6.32. The molecule has 25 heavy (non-hydrogen) atoms. The van der Waals surface area contributed by atoms with Crippen molar-refractivity contribution < 1.29 is 9.53 Å². The van der Waals surface area contributed by atoms with Gasteiger partial charge >= 0.3 is 0 Å². The summed E-state index contributed by atoms with van der Waals surface area (Å²) in [7, 11) is 0. The minimum Gasteiger partial charge on any atom is -0.479 e. The number of benzene rings is 2. The van der Waals surface area contributed by atoms with E-state index in [1.807, 2.05) is 12.1 Å². The molecule has 0 saturated heterocycles. The molecule has 0 N–H and O–H groups in total. The summed E-state index contributed by atoms with van der Waals surface area (Å²) in [5.41, 5.74) is 1.51. The quantitative estimate of drug-likeness (QED) is 0.700. The minimum atomic E-state index is -0.682. The molecule has 5 heteroatoms. The summed E-state index contributed by atoms with van der Waals surface area (Å²) in [6.45, 7) is 6.21. The van der Waals surface area contributed by atoms with E-state index in [2.05, 4.69) is 12.6 Å². The molecule has 1 unspecified atom stereocenters. The zero-order valence-corrected chi connectivity index (χ0v) is 14.7. The van der Waals surface area contributed by atoms with Crippen LogP contribution in [0.5, 0.6) is 5.75 Å². The van der Waals surface area contributed by atoms with E-state index in [1.165, 1.54) is 0 Å². The van der Waals surface area contributed by atoms with Gasteiger partial charge in [0.2, 0.25) is 0 Å². The number of hydrogen-bond donors (Lipinski definition) is 0. The van der Waals surface area contributed by atoms with Crippen LogP contribution < -0.4 is 4.74 Å². The highest BCUT2D eigenvalue weighted by Gasteiger charge is 2.22. The molecule has 2 rings (SSSR count). The molecule has 0 aliphatic heterocycles. The lowest BCUT2D eigenvalue weighted by Crippen LogP contribution is -2.40. The van der Waals surface area contributed by atoms with E-state index < -0.39 is 6.10 Å². The Hall–Kier alpha value is -2.77. The number of hydrogen-bond acceptors (Lipinski definition) is 3. The zero-order valence-electron chi connectivity index (χ0n) is 14.0. The Morgan fingerprint density at radius 1 is 1.32 bits per heavy atom. The molecule has 0 radical (unpaired) electrons. The van der Waals surface area contributed by atoms with Gasteiger partial charge in [0.25, 0.3) is 5.91 Å². The predicted octanol–water partition coefficient (Wildman–Crippen LogP) is 4.19. The van der Waals surface area contributed by atoms with Crippen LogP contribution in [-0.4, -0.2) is 23.5 Å². The number of nitriles is 1. The number of nitrogens with zero attached hydrogens (tertiary/aromatic N) is 2. The normalized spacial score (nSPS) is 11.2. The molecule has 0 saturated carbocycles. The van der Waals surface area contributed by atoms with Gasteiger partial charge in [0.05, 0.1) is 16.7 Å². The van der Waals surface area contributed by atoms with E-state index in [4.69, 9.17) is 21.6 Å². The van der Waals surface area contributed by atoms with Gasteiger partial charge in [0.1, 0.15) is 5.75 Å². The topological polar surface area (TPSA) is 53.3 Å². The number of carbonyl (C=O) groups is 1. The van der Waals surface area contributed by atoms with Gasteiger partial charge in [0.15, 0.2) is 6.10 Å². The maximum Gasteiger partial charge on any atom is 0.263 e. The summed E-state index contributed by atoms with van der Waals surface area (Å²) >= 11 is 6.08. The number of carbonyl (C=O) groups excluding carboxylic acids is 1. The van der Waals surface area contributed by atoms with Crippen LogP contribution in [-0.2, 0) is 11.3 Å². The van der Waals surface area contributed by atoms with Gasteiger partial charge in [0, 0.05) is 13.1 Å². The first-order valence-electron chi connectivity index (χ1n) is 7.85. The smallest absolute Gasteiger partial charge is 0.263 e. The Balaban J connectivity index is 2.09. The number of rotatable bonds is 7. The van der Waals surface area contributed by atoms with Crippen molar-refractivity contribution in [2.24, 2.45) is 0 Å². The molecular weight excluding hydrogens is 336 g/mol. The summed E-state index contributed by atoms with van der Waals surface area (Å²) < 4.78 is 5.71. The van der Waals surface area contributed by atoms with Gasteiger partial charge in [-0.1, -0.05) is 41.9 Å². The highest BCUT2D eigenvalue weighted by atomic mass is 35.5. The van der Waals surface area contributed by atoms with Crippen molar-refractivity contribution in [3.05, 3.63) is 77.3 Å². The maximum absolute atomic E-state index is 12.7. The standard InChI is InChI=1S/C20H19ClN2O2/c1-3-12-23(14-17-10-8-16(13-22)9-11-17)20(24)15(2)25-19-7-5-4-6-18(19)21/h3-11,15H,1,12,14H2,2H3. The first kappa shape index (κ1) is 18.6. The molecule has 2 aromatic rings. The maximum atomic E-state index is 12.7. The molecule has 0 spiro atoms. The molecule has 0 aliphatic carbocycles. The van der Waals surface area contributed by atoms with Crippen LogP contribution in [0.3, 0.4) is 0 Å². The molecular formula is C20H19ClN2O2. The molecule has 0 aromatic heterocycles. The third-order valence-electron chi connectivity index (χ3n) is 3.61. The van der Waals surface area contributed by atoms with E-state index in [-0.39, 0.29) is 5.91 Å². The minimum absolute atomic E-state index is 0.163. The highest BCUT2D eigenvalue weighted by Crippen LogP contribution is 2.24. The van der Waals surface area contributed by atoms with E-state index >= 15 is 0 Å². The fourth-order valence-electron chi connectivity index (χ4n) is 2.33. The first-order chi connectivity index (χ1) is 12.0. The van der Waals surface area contributed by atoms with Gasteiger partial charge in [-0.2, -0.15) is 5.26 Å².